The van der Waals surface area contributed by atoms with Gasteiger partial charge in [-0.1, -0.05) is 25.1 Å². The smallest absolute Gasteiger partial charge is 0.185 e. The van der Waals surface area contributed by atoms with Gasteiger partial charge in [0.05, 0.1) is 6.61 Å². The van der Waals surface area contributed by atoms with Crippen LogP contribution in [0.2, 0.25) is 0 Å². The first kappa shape index (κ1) is 17.3. The summed E-state index contributed by atoms with van der Waals surface area (Å²) in [6, 6.07) is 16.2. The second kappa shape index (κ2) is 9.16. The van der Waals surface area contributed by atoms with Crippen LogP contribution in [0.1, 0.15) is 29.3 Å². The van der Waals surface area contributed by atoms with Crippen LogP contribution in [0.4, 0.5) is 0 Å². The highest BCUT2D eigenvalue weighted by Crippen LogP contribution is 2.15. The number of allylic oxidation sites excluding steroid dienone is 1. The quantitative estimate of drug-likeness (QED) is 0.538. The molecule has 122 valence electrons. The van der Waals surface area contributed by atoms with Crippen molar-refractivity contribution in [2.24, 2.45) is 0 Å². The summed E-state index contributed by atoms with van der Waals surface area (Å²) in [5.74, 6) is 1.31. The number of nitriles is 1. The van der Waals surface area contributed by atoms with Gasteiger partial charge in [0.15, 0.2) is 12.4 Å². The third kappa shape index (κ3) is 5.29. The van der Waals surface area contributed by atoms with E-state index in [1.807, 2.05) is 30.3 Å². The van der Waals surface area contributed by atoms with Crippen LogP contribution < -0.4 is 9.47 Å². The van der Waals surface area contributed by atoms with Gasteiger partial charge in [-0.25, -0.2) is 0 Å². The molecule has 0 unspecified atom stereocenters. The number of carbonyl (C=O) groups is 1. The Balaban J connectivity index is 1.95. The van der Waals surface area contributed by atoms with Gasteiger partial charge in [-0.05, 0) is 54.5 Å². The molecule has 4 heteroatoms. The summed E-state index contributed by atoms with van der Waals surface area (Å²) in [4.78, 5) is 12.1. The van der Waals surface area contributed by atoms with E-state index in [9.17, 15) is 4.79 Å². The maximum absolute atomic E-state index is 12.1. The molecule has 0 saturated heterocycles. The SMILES string of the molecule is CCCOc1ccc(/C=C/C(=O)c2ccc(OCC#N)cc2)cc1. The molecular weight excluding hydrogens is 302 g/mol. The molecule has 2 rings (SSSR count). The summed E-state index contributed by atoms with van der Waals surface area (Å²) < 4.78 is 10.7. The predicted octanol–water partition coefficient (Wildman–Crippen LogP) is 4.27. The molecule has 0 aromatic heterocycles. The molecule has 24 heavy (non-hydrogen) atoms. The van der Waals surface area contributed by atoms with E-state index in [0.717, 1.165) is 17.7 Å². The lowest BCUT2D eigenvalue weighted by Gasteiger charge is -2.04. The van der Waals surface area contributed by atoms with Crippen molar-refractivity contribution in [3.8, 4) is 17.6 Å². The van der Waals surface area contributed by atoms with Gasteiger partial charge >= 0.3 is 0 Å². The van der Waals surface area contributed by atoms with E-state index in [1.54, 1.807) is 30.3 Å². The van der Waals surface area contributed by atoms with Crippen LogP contribution in [-0.2, 0) is 0 Å². The minimum absolute atomic E-state index is 0.00877. The second-order valence-corrected chi connectivity index (χ2v) is 5.09. The topological polar surface area (TPSA) is 59.3 Å². The van der Waals surface area contributed by atoms with Gasteiger partial charge in [0.1, 0.15) is 17.6 Å². The molecule has 0 atom stereocenters. The van der Waals surface area contributed by atoms with E-state index in [-0.39, 0.29) is 12.4 Å². The maximum atomic E-state index is 12.1. The average Bonchev–Trinajstić information content (AvgIpc) is 2.64. The molecule has 0 saturated carbocycles. The zero-order valence-electron chi connectivity index (χ0n) is 13.6. The van der Waals surface area contributed by atoms with Crippen molar-refractivity contribution < 1.29 is 14.3 Å². The van der Waals surface area contributed by atoms with Gasteiger partial charge in [0, 0.05) is 5.56 Å². The number of carbonyl (C=O) groups excluding carboxylic acids is 1. The third-order valence-electron chi connectivity index (χ3n) is 3.22. The third-order valence-corrected chi connectivity index (χ3v) is 3.22. The first-order valence-electron chi connectivity index (χ1n) is 7.78. The monoisotopic (exact) mass is 321 g/mol. The summed E-state index contributed by atoms with van der Waals surface area (Å²) in [6.07, 6.45) is 4.27. The second-order valence-electron chi connectivity index (χ2n) is 5.09. The van der Waals surface area contributed by atoms with Gasteiger partial charge in [-0.3, -0.25) is 4.79 Å². The minimum atomic E-state index is -0.0897. The summed E-state index contributed by atoms with van der Waals surface area (Å²) in [5.41, 5.74) is 1.50. The predicted molar refractivity (Wildman–Crippen MR) is 93.1 cm³/mol. The fourth-order valence-electron chi connectivity index (χ4n) is 1.99. The van der Waals surface area contributed by atoms with Crippen LogP contribution in [0.25, 0.3) is 6.08 Å². The van der Waals surface area contributed by atoms with Gasteiger partial charge < -0.3 is 9.47 Å². The molecule has 0 heterocycles. The molecule has 0 aliphatic carbocycles. The summed E-state index contributed by atoms with van der Waals surface area (Å²) in [6.45, 7) is 2.75. The van der Waals surface area contributed by atoms with Gasteiger partial charge in [-0.2, -0.15) is 5.26 Å². The molecule has 0 spiro atoms. The zero-order valence-corrected chi connectivity index (χ0v) is 13.6. The lowest BCUT2D eigenvalue weighted by Crippen LogP contribution is -1.96. The molecule has 0 aliphatic heterocycles. The van der Waals surface area contributed by atoms with E-state index in [2.05, 4.69) is 6.92 Å². The van der Waals surface area contributed by atoms with Crippen molar-refractivity contribution in [3.05, 3.63) is 65.7 Å². The Morgan fingerprint density at radius 1 is 1.04 bits per heavy atom. The number of ether oxygens (including phenoxy) is 2. The van der Waals surface area contributed by atoms with Crippen molar-refractivity contribution in [1.29, 1.82) is 5.26 Å². The van der Waals surface area contributed by atoms with E-state index in [1.165, 1.54) is 6.08 Å². The molecular formula is C20H19NO3. The zero-order chi connectivity index (χ0) is 17.2. The number of rotatable bonds is 8. The molecule has 0 bridgehead atoms. The lowest BCUT2D eigenvalue weighted by atomic mass is 10.1. The minimum Gasteiger partial charge on any atom is -0.494 e. The van der Waals surface area contributed by atoms with Crippen molar-refractivity contribution >= 4 is 11.9 Å². The largest absolute Gasteiger partial charge is 0.494 e. The Kier molecular flexibility index (Phi) is 6.60. The van der Waals surface area contributed by atoms with Crippen molar-refractivity contribution in [2.75, 3.05) is 13.2 Å². The first-order valence-corrected chi connectivity index (χ1v) is 7.78. The number of hydrogen-bond acceptors (Lipinski definition) is 4. The van der Waals surface area contributed by atoms with E-state index in [4.69, 9.17) is 14.7 Å². The van der Waals surface area contributed by atoms with Crippen molar-refractivity contribution in [3.63, 3.8) is 0 Å². The van der Waals surface area contributed by atoms with E-state index >= 15 is 0 Å². The highest BCUT2D eigenvalue weighted by molar-refractivity contribution is 6.06. The summed E-state index contributed by atoms with van der Waals surface area (Å²) in [7, 11) is 0. The first-order chi connectivity index (χ1) is 11.7. The average molecular weight is 321 g/mol. The van der Waals surface area contributed by atoms with Crippen LogP contribution in [-0.4, -0.2) is 19.0 Å². The van der Waals surface area contributed by atoms with Crippen LogP contribution in [0, 0.1) is 11.3 Å². The number of benzene rings is 2. The molecule has 4 nitrogen and oxygen atoms in total. The van der Waals surface area contributed by atoms with Crippen LogP contribution in [0.5, 0.6) is 11.5 Å². The van der Waals surface area contributed by atoms with Crippen LogP contribution >= 0.6 is 0 Å². The maximum Gasteiger partial charge on any atom is 0.185 e. The number of nitrogens with zero attached hydrogens (tertiary/aromatic N) is 1. The van der Waals surface area contributed by atoms with E-state index in [0.29, 0.717) is 17.9 Å². The van der Waals surface area contributed by atoms with Gasteiger partial charge in [-0.15, -0.1) is 0 Å². The summed E-state index contributed by atoms with van der Waals surface area (Å²) in [5, 5.41) is 8.46. The Morgan fingerprint density at radius 3 is 2.29 bits per heavy atom. The molecule has 0 N–H and O–H groups in total. The fourth-order valence-corrected chi connectivity index (χ4v) is 1.99. The Morgan fingerprint density at radius 2 is 1.67 bits per heavy atom. The van der Waals surface area contributed by atoms with Crippen molar-refractivity contribution in [2.45, 2.75) is 13.3 Å². The van der Waals surface area contributed by atoms with Crippen LogP contribution in [0.3, 0.4) is 0 Å². The summed E-state index contributed by atoms with van der Waals surface area (Å²) >= 11 is 0. The highest BCUT2D eigenvalue weighted by Gasteiger charge is 2.02. The Hall–Kier alpha value is -3.06. The number of ketones is 1. The fraction of sp³-hybridized carbons (Fsp3) is 0.200. The molecule has 2 aromatic carbocycles. The van der Waals surface area contributed by atoms with Gasteiger partial charge in [0.2, 0.25) is 0 Å². The van der Waals surface area contributed by atoms with Crippen molar-refractivity contribution in [1.82, 2.24) is 0 Å². The van der Waals surface area contributed by atoms with E-state index < -0.39 is 0 Å². The lowest BCUT2D eigenvalue weighted by molar-refractivity contribution is 0.104. The van der Waals surface area contributed by atoms with Gasteiger partial charge in [0.25, 0.3) is 0 Å². The van der Waals surface area contributed by atoms with Crippen LogP contribution in [0.15, 0.2) is 54.6 Å². The normalized spacial score (nSPS) is 10.3. The standard InChI is InChI=1S/C20H19NO3/c1-2-14-23-18-8-3-16(4-9-18)5-12-20(22)17-6-10-19(11-7-17)24-15-13-21/h3-12H,2,14-15H2,1H3/b12-5+. The molecule has 0 fully saturated rings. The Labute approximate surface area is 141 Å². The molecule has 2 aromatic rings. The molecule has 0 amide bonds. The Bertz CT molecular complexity index is 725. The number of hydrogen-bond donors (Lipinski definition) is 0. The highest BCUT2D eigenvalue weighted by atomic mass is 16.5. The molecule has 0 aliphatic rings. The molecule has 0 radical (unpaired) electrons.